The minimum Gasteiger partial charge on any atom is -0.309 e. The zero-order valence-electron chi connectivity index (χ0n) is 61.0. The van der Waals surface area contributed by atoms with Crippen LogP contribution in [0.4, 0.5) is 0 Å². The lowest BCUT2D eigenvalue weighted by Gasteiger charge is -2.12. The number of para-hydroxylation sites is 6. The molecule has 0 fully saturated rings. The summed E-state index contributed by atoms with van der Waals surface area (Å²) in [7, 11) is 0. The van der Waals surface area contributed by atoms with Crippen LogP contribution in [0.25, 0.3) is 219 Å². The summed E-state index contributed by atoms with van der Waals surface area (Å²) in [4.78, 5) is 0. The molecule has 0 spiro atoms. The SMILES string of the molecule is c1ccc(-n2c3ccccc3c3cc(-c4ccc5c(c4)c4ccccc4n5-c4ccc5cc(-c6ccc7c(ccc8ccccc87)c6)ccc5c4)ccc32)cc1.c1ccc(-n2c3ccccc3c3cc(-c4ccc5c(c4)c4ccccc4n5-c4ccc5ccc(-c6ccc7c(ccc8ccccc87)c6)cc5c4)ccc32)cc1. The first kappa shape index (κ1) is 63.3. The molecule has 0 aliphatic carbocycles. The molecule has 4 aromatic heterocycles. The van der Waals surface area contributed by atoms with Crippen LogP contribution in [0.15, 0.2) is 413 Å². The molecular weight excluding hydrogens is 1350 g/mol. The van der Waals surface area contributed by atoms with Gasteiger partial charge in [0.05, 0.1) is 44.1 Å². The molecule has 0 N–H and O–H groups in total. The largest absolute Gasteiger partial charge is 0.309 e. The van der Waals surface area contributed by atoms with Gasteiger partial charge < -0.3 is 18.3 Å². The molecule has 0 amide bonds. The van der Waals surface area contributed by atoms with Crippen molar-refractivity contribution in [3.8, 4) is 67.3 Å². The second-order valence-electron chi connectivity index (χ2n) is 29.9. The van der Waals surface area contributed by atoms with Gasteiger partial charge in [-0.15, -0.1) is 0 Å². The highest BCUT2D eigenvalue weighted by Crippen LogP contribution is 2.44. The highest BCUT2D eigenvalue weighted by Gasteiger charge is 2.21. The van der Waals surface area contributed by atoms with Crippen LogP contribution in [0.5, 0.6) is 0 Å². The monoisotopic (exact) mass is 1420 g/mol. The Labute approximate surface area is 645 Å². The Hall–Kier alpha value is -14.8. The van der Waals surface area contributed by atoms with Gasteiger partial charge in [0.1, 0.15) is 0 Å². The fraction of sp³-hybridized carbons (Fsp3) is 0. The van der Waals surface area contributed by atoms with Gasteiger partial charge in [0.2, 0.25) is 0 Å². The summed E-state index contributed by atoms with van der Waals surface area (Å²) in [5.41, 5.74) is 24.1. The predicted molar refractivity (Wildman–Crippen MR) is 477 cm³/mol. The van der Waals surface area contributed by atoms with Gasteiger partial charge in [-0.3, -0.25) is 0 Å². The first-order valence-electron chi connectivity index (χ1n) is 38.7. The fourth-order valence-corrected chi connectivity index (χ4v) is 18.4. The van der Waals surface area contributed by atoms with E-state index in [1.165, 1.54) is 208 Å². The molecular formula is C108H68N4. The summed E-state index contributed by atoms with van der Waals surface area (Å²) in [6.07, 6.45) is 0. The molecule has 0 radical (unpaired) electrons. The van der Waals surface area contributed by atoms with Gasteiger partial charge in [-0.2, -0.15) is 0 Å². The normalized spacial score (nSPS) is 11.9. The number of nitrogens with zero attached hydrogens (tertiary/aromatic N) is 4. The van der Waals surface area contributed by atoms with Crippen molar-refractivity contribution in [2.45, 2.75) is 0 Å². The summed E-state index contributed by atoms with van der Waals surface area (Å²) >= 11 is 0. The van der Waals surface area contributed by atoms with E-state index in [-0.39, 0.29) is 0 Å². The molecule has 0 aliphatic rings. The van der Waals surface area contributed by atoms with Crippen molar-refractivity contribution in [1.82, 2.24) is 18.3 Å². The predicted octanol–water partition coefficient (Wildman–Crippen LogP) is 29.3. The quantitative estimate of drug-likeness (QED) is 0.135. The van der Waals surface area contributed by atoms with Gasteiger partial charge in [-0.05, 0) is 255 Å². The summed E-state index contributed by atoms with van der Waals surface area (Å²) in [6, 6.07) is 152. The molecule has 24 aromatic rings. The average molecular weight is 1420 g/mol. The summed E-state index contributed by atoms with van der Waals surface area (Å²) < 4.78 is 9.60. The Morgan fingerprint density at radius 3 is 0.759 bits per heavy atom. The maximum absolute atomic E-state index is 2.43. The minimum absolute atomic E-state index is 1.16. The van der Waals surface area contributed by atoms with Crippen molar-refractivity contribution >= 4 is 152 Å². The van der Waals surface area contributed by atoms with E-state index in [2.05, 4.69) is 431 Å². The van der Waals surface area contributed by atoms with E-state index in [0.29, 0.717) is 0 Å². The smallest absolute Gasteiger partial charge is 0.0541 e. The molecule has 0 aliphatic heterocycles. The van der Waals surface area contributed by atoms with E-state index < -0.39 is 0 Å². The first-order valence-corrected chi connectivity index (χ1v) is 38.7. The Morgan fingerprint density at radius 1 is 0.107 bits per heavy atom. The maximum Gasteiger partial charge on any atom is 0.0541 e. The highest BCUT2D eigenvalue weighted by molar-refractivity contribution is 6.17. The molecule has 0 atom stereocenters. The van der Waals surface area contributed by atoms with Crippen molar-refractivity contribution < 1.29 is 0 Å². The molecule has 0 unspecified atom stereocenters. The van der Waals surface area contributed by atoms with Gasteiger partial charge in [0.15, 0.2) is 0 Å². The van der Waals surface area contributed by atoms with Crippen LogP contribution >= 0.6 is 0 Å². The van der Waals surface area contributed by atoms with Crippen molar-refractivity contribution in [2.24, 2.45) is 0 Å². The molecule has 520 valence electrons. The zero-order chi connectivity index (χ0) is 73.5. The van der Waals surface area contributed by atoms with Gasteiger partial charge in [0, 0.05) is 65.8 Å². The van der Waals surface area contributed by atoms with E-state index in [4.69, 9.17) is 0 Å². The van der Waals surface area contributed by atoms with Crippen LogP contribution in [0.2, 0.25) is 0 Å². The van der Waals surface area contributed by atoms with Gasteiger partial charge in [0.25, 0.3) is 0 Å². The van der Waals surface area contributed by atoms with Gasteiger partial charge >= 0.3 is 0 Å². The lowest BCUT2D eigenvalue weighted by atomic mass is 9.96. The third kappa shape index (κ3) is 10.2. The maximum atomic E-state index is 2.43. The molecule has 0 bridgehead atoms. The molecule has 4 heteroatoms. The third-order valence-corrected chi connectivity index (χ3v) is 23.7. The Balaban J connectivity index is 0.000000134. The number of rotatable bonds is 8. The van der Waals surface area contributed by atoms with Crippen LogP contribution < -0.4 is 0 Å². The number of benzene rings is 20. The minimum atomic E-state index is 1.16. The van der Waals surface area contributed by atoms with Gasteiger partial charge in [-0.1, -0.05) is 267 Å². The lowest BCUT2D eigenvalue weighted by Crippen LogP contribution is -1.94. The Bertz CT molecular complexity index is 8000. The molecule has 4 heterocycles. The standard InChI is InChI=1S/2C54H34N2/c1-2-11-43(12-3-1)55-51-16-8-6-14-47(51)49-33-40(24-28-53(49)55)41-25-29-54-50(34-41)48-15-7-9-17-52(48)56(54)44-26-22-37-30-36(19-20-39(37)32-44)38-23-27-46-42(31-38)21-18-35-10-4-5-13-45(35)46;1-2-11-43(12-3-1)55-51-16-8-6-14-47(51)49-33-39(24-28-53(49)55)40-25-29-54-50(34-40)48-15-7-9-17-52(48)56(54)44-26-22-35-18-20-37(31-42(35)32-44)38-23-27-46-41(30-38)21-19-36-10-4-5-13-45(36)46/h2*1-34H. The van der Waals surface area contributed by atoms with E-state index >= 15 is 0 Å². The van der Waals surface area contributed by atoms with Crippen molar-refractivity contribution in [1.29, 1.82) is 0 Å². The Kier molecular flexibility index (Phi) is 14.3. The van der Waals surface area contributed by atoms with Crippen molar-refractivity contribution in [3.63, 3.8) is 0 Å². The topological polar surface area (TPSA) is 19.7 Å². The molecule has 112 heavy (non-hydrogen) atoms. The zero-order valence-corrected chi connectivity index (χ0v) is 61.0. The van der Waals surface area contributed by atoms with E-state index in [1.807, 2.05) is 0 Å². The Morgan fingerprint density at radius 2 is 0.348 bits per heavy atom. The second kappa shape index (κ2) is 25.4. The highest BCUT2D eigenvalue weighted by atomic mass is 15.0. The molecule has 24 rings (SSSR count). The van der Waals surface area contributed by atoms with Crippen LogP contribution in [0.1, 0.15) is 0 Å². The van der Waals surface area contributed by atoms with Crippen molar-refractivity contribution in [2.75, 3.05) is 0 Å². The molecule has 20 aromatic carbocycles. The van der Waals surface area contributed by atoms with E-state index in [9.17, 15) is 0 Å². The lowest BCUT2D eigenvalue weighted by molar-refractivity contribution is 1.18. The number of aromatic nitrogens is 4. The van der Waals surface area contributed by atoms with Crippen LogP contribution in [0.3, 0.4) is 0 Å². The van der Waals surface area contributed by atoms with E-state index in [1.54, 1.807) is 0 Å². The van der Waals surface area contributed by atoms with Gasteiger partial charge in [-0.25, -0.2) is 0 Å². The molecule has 4 nitrogen and oxygen atoms in total. The number of hydrogen-bond donors (Lipinski definition) is 0. The van der Waals surface area contributed by atoms with Crippen LogP contribution in [-0.2, 0) is 0 Å². The first-order chi connectivity index (χ1) is 55.5. The molecule has 0 saturated carbocycles. The van der Waals surface area contributed by atoms with Crippen molar-refractivity contribution in [3.05, 3.63) is 413 Å². The average Bonchev–Trinajstić information content (AvgIpc) is 1.57. The summed E-state index contributed by atoms with van der Waals surface area (Å²) in [5, 5.41) is 25.2. The number of fused-ring (bicyclic) bond motifs is 20. The summed E-state index contributed by atoms with van der Waals surface area (Å²) in [5.74, 6) is 0. The second-order valence-corrected chi connectivity index (χ2v) is 29.9. The number of hydrogen-bond acceptors (Lipinski definition) is 0. The summed E-state index contributed by atoms with van der Waals surface area (Å²) in [6.45, 7) is 0. The fourth-order valence-electron chi connectivity index (χ4n) is 18.4. The van der Waals surface area contributed by atoms with Crippen LogP contribution in [-0.4, -0.2) is 18.3 Å². The van der Waals surface area contributed by atoms with E-state index in [0.717, 1.165) is 11.4 Å². The third-order valence-electron chi connectivity index (χ3n) is 23.7. The molecule has 0 saturated heterocycles. The van der Waals surface area contributed by atoms with Crippen LogP contribution in [0, 0.1) is 0 Å².